The van der Waals surface area contributed by atoms with Crippen molar-refractivity contribution in [2.24, 2.45) is 0 Å². The fourth-order valence-corrected chi connectivity index (χ4v) is 4.37. The maximum Gasteiger partial charge on any atom is 0.341 e. The Bertz CT molecular complexity index is 1070. The molecular formula is C28H40N2O6S. The van der Waals surface area contributed by atoms with Gasteiger partial charge in [0, 0.05) is 13.7 Å². The Kier molecular flexibility index (Phi) is 14.8. The van der Waals surface area contributed by atoms with Gasteiger partial charge in [0.25, 0.3) is 5.91 Å². The maximum atomic E-state index is 12.6. The molecule has 204 valence electrons. The first kappa shape index (κ1) is 31.7. The van der Waals surface area contributed by atoms with Crippen molar-refractivity contribution in [3.8, 4) is 5.75 Å². The Morgan fingerprint density at radius 1 is 1.14 bits per heavy atom. The number of aliphatic hydroxyl groups is 1. The molecule has 1 amide bonds. The van der Waals surface area contributed by atoms with Gasteiger partial charge in [-0.3, -0.25) is 4.79 Å². The number of esters is 1. The molecule has 0 saturated heterocycles. The average molecular weight is 533 g/mol. The van der Waals surface area contributed by atoms with E-state index < -0.39 is 5.97 Å². The van der Waals surface area contributed by atoms with E-state index in [9.17, 15) is 9.59 Å². The quantitative estimate of drug-likeness (QED) is 0.170. The predicted octanol–water partition coefficient (Wildman–Crippen LogP) is 6.18. The van der Waals surface area contributed by atoms with Crippen molar-refractivity contribution in [1.82, 2.24) is 0 Å². The standard InChI is InChI=1S/C17H20N2O4S.C11H20O2/c1-5-23-17(21)13-10(2)14(24-16(13)18-3)15(20)19-11-8-6-7-9-12(11)22-4;1-4-11(8-9-12)7-5-6-10(2)13-3/h6-9,18H,5H2,1-4H3,(H,19,20);6-7,12H,4-5,8-9H2,1-3H3/b;10-6+,11-7+. The molecule has 0 aliphatic heterocycles. The lowest BCUT2D eigenvalue weighted by molar-refractivity contribution is 0.0527. The first-order valence-corrected chi connectivity index (χ1v) is 13.0. The zero-order valence-corrected chi connectivity index (χ0v) is 23.7. The van der Waals surface area contributed by atoms with Gasteiger partial charge in [-0.25, -0.2) is 4.79 Å². The van der Waals surface area contributed by atoms with E-state index in [1.54, 1.807) is 47.2 Å². The number of thiophene rings is 1. The molecule has 3 N–H and O–H groups in total. The number of hydrogen-bond acceptors (Lipinski definition) is 8. The predicted molar refractivity (Wildman–Crippen MR) is 151 cm³/mol. The summed E-state index contributed by atoms with van der Waals surface area (Å²) >= 11 is 1.22. The molecule has 0 radical (unpaired) electrons. The summed E-state index contributed by atoms with van der Waals surface area (Å²) in [5.41, 5.74) is 2.87. The Hall–Kier alpha value is -3.30. The summed E-state index contributed by atoms with van der Waals surface area (Å²) in [6.07, 6.45) is 6.88. The van der Waals surface area contributed by atoms with E-state index >= 15 is 0 Å². The molecule has 2 aromatic rings. The summed E-state index contributed by atoms with van der Waals surface area (Å²) < 4.78 is 15.3. The lowest BCUT2D eigenvalue weighted by Gasteiger charge is -2.09. The van der Waals surface area contributed by atoms with E-state index in [2.05, 4.69) is 23.6 Å². The van der Waals surface area contributed by atoms with Crippen LogP contribution in [0.2, 0.25) is 0 Å². The molecule has 8 nitrogen and oxygen atoms in total. The third kappa shape index (κ3) is 9.93. The third-order valence-corrected chi connectivity index (χ3v) is 6.74. The lowest BCUT2D eigenvalue weighted by Crippen LogP contribution is -2.13. The zero-order valence-electron chi connectivity index (χ0n) is 22.9. The summed E-state index contributed by atoms with van der Waals surface area (Å²) in [7, 11) is 4.92. The van der Waals surface area contributed by atoms with Crippen molar-refractivity contribution in [3.05, 3.63) is 63.8 Å². The molecule has 0 aliphatic carbocycles. The first-order chi connectivity index (χ1) is 17.8. The number of hydrogen-bond donors (Lipinski definition) is 3. The lowest BCUT2D eigenvalue weighted by atomic mass is 10.1. The number of nitrogens with one attached hydrogen (secondary N) is 2. The fraction of sp³-hybridized carbons (Fsp3) is 0.429. The molecule has 1 aromatic heterocycles. The first-order valence-electron chi connectivity index (χ1n) is 12.2. The highest BCUT2D eigenvalue weighted by Gasteiger charge is 2.25. The largest absolute Gasteiger partial charge is 0.502 e. The van der Waals surface area contributed by atoms with Gasteiger partial charge in [0.2, 0.25) is 0 Å². The molecule has 2 rings (SSSR count). The highest BCUT2D eigenvalue weighted by molar-refractivity contribution is 7.18. The van der Waals surface area contributed by atoms with Gasteiger partial charge in [0.1, 0.15) is 10.8 Å². The second kappa shape index (κ2) is 17.2. The van der Waals surface area contributed by atoms with Crippen LogP contribution in [0.5, 0.6) is 5.75 Å². The Morgan fingerprint density at radius 2 is 1.84 bits per heavy atom. The average Bonchev–Trinajstić information content (AvgIpc) is 3.25. The summed E-state index contributed by atoms with van der Waals surface area (Å²) in [6.45, 7) is 8.04. The number of carbonyl (C=O) groups is 2. The minimum atomic E-state index is -0.438. The molecule has 0 spiro atoms. The van der Waals surface area contributed by atoms with Gasteiger partial charge in [-0.05, 0) is 63.8 Å². The van der Waals surface area contributed by atoms with Gasteiger partial charge >= 0.3 is 5.97 Å². The Labute approximate surface area is 224 Å². The van der Waals surface area contributed by atoms with Crippen LogP contribution in [-0.2, 0) is 9.47 Å². The van der Waals surface area contributed by atoms with Crippen LogP contribution in [0.3, 0.4) is 0 Å². The normalized spacial score (nSPS) is 11.2. The van der Waals surface area contributed by atoms with Gasteiger partial charge in [-0.2, -0.15) is 0 Å². The number of rotatable bonds is 12. The number of benzene rings is 1. The number of aliphatic hydroxyl groups excluding tert-OH is 1. The van der Waals surface area contributed by atoms with E-state index in [1.807, 2.05) is 25.1 Å². The van der Waals surface area contributed by atoms with E-state index in [0.717, 1.165) is 25.0 Å². The molecule has 0 aliphatic rings. The minimum Gasteiger partial charge on any atom is -0.502 e. The molecular weight excluding hydrogens is 492 g/mol. The Morgan fingerprint density at radius 3 is 2.41 bits per heavy atom. The molecule has 0 fully saturated rings. The molecule has 37 heavy (non-hydrogen) atoms. The van der Waals surface area contributed by atoms with Crippen LogP contribution in [0.15, 0.2) is 47.7 Å². The fourth-order valence-electron chi connectivity index (χ4n) is 3.32. The van der Waals surface area contributed by atoms with Crippen LogP contribution in [-0.4, -0.2) is 51.5 Å². The number of methoxy groups -OCH3 is 2. The van der Waals surface area contributed by atoms with Gasteiger partial charge in [0.05, 0.1) is 42.7 Å². The van der Waals surface area contributed by atoms with Gasteiger partial charge in [-0.1, -0.05) is 30.7 Å². The van der Waals surface area contributed by atoms with Crippen LogP contribution in [0, 0.1) is 6.92 Å². The number of carbonyl (C=O) groups excluding carboxylic acids is 2. The molecule has 0 atom stereocenters. The topological polar surface area (TPSA) is 106 Å². The van der Waals surface area contributed by atoms with Gasteiger partial charge < -0.3 is 30.0 Å². The van der Waals surface area contributed by atoms with Crippen molar-refractivity contribution < 1.29 is 28.9 Å². The number of para-hydroxylation sites is 2. The molecule has 1 heterocycles. The van der Waals surface area contributed by atoms with E-state index in [1.165, 1.54) is 16.9 Å². The summed E-state index contributed by atoms with van der Waals surface area (Å²) in [5.74, 6) is 0.774. The van der Waals surface area contributed by atoms with Crippen LogP contribution >= 0.6 is 11.3 Å². The smallest absolute Gasteiger partial charge is 0.341 e. The highest BCUT2D eigenvalue weighted by atomic mass is 32.1. The maximum absolute atomic E-state index is 12.6. The summed E-state index contributed by atoms with van der Waals surface area (Å²) in [4.78, 5) is 25.2. The van der Waals surface area contributed by atoms with Crippen molar-refractivity contribution in [2.75, 3.05) is 45.1 Å². The second-order valence-corrected chi connectivity index (χ2v) is 8.85. The molecule has 0 saturated carbocycles. The number of amides is 1. The summed E-state index contributed by atoms with van der Waals surface area (Å²) in [5, 5.41) is 15.1. The SMILES string of the molecule is CC/C(=C\C/C=C(\C)OC)CCO.CCOC(=O)c1c(NC)sc(C(=O)Nc2ccccc2OC)c1C. The summed E-state index contributed by atoms with van der Waals surface area (Å²) in [6, 6.07) is 7.15. The molecule has 0 bridgehead atoms. The number of ether oxygens (including phenoxy) is 3. The van der Waals surface area contributed by atoms with Gasteiger partial charge in [0.15, 0.2) is 0 Å². The molecule has 0 unspecified atom stereocenters. The van der Waals surface area contributed by atoms with Crippen LogP contribution < -0.4 is 15.4 Å². The van der Waals surface area contributed by atoms with Crippen LogP contribution in [0.1, 0.15) is 65.6 Å². The van der Waals surface area contributed by atoms with Crippen molar-refractivity contribution >= 4 is 33.9 Å². The highest BCUT2D eigenvalue weighted by Crippen LogP contribution is 2.34. The third-order valence-electron chi connectivity index (χ3n) is 5.44. The van der Waals surface area contributed by atoms with Crippen molar-refractivity contribution in [2.45, 2.75) is 47.0 Å². The molecule has 9 heteroatoms. The van der Waals surface area contributed by atoms with Crippen LogP contribution in [0.25, 0.3) is 0 Å². The van der Waals surface area contributed by atoms with Crippen molar-refractivity contribution in [3.63, 3.8) is 0 Å². The van der Waals surface area contributed by atoms with Crippen molar-refractivity contribution in [1.29, 1.82) is 0 Å². The van der Waals surface area contributed by atoms with E-state index in [0.29, 0.717) is 32.4 Å². The monoisotopic (exact) mass is 532 g/mol. The number of allylic oxidation sites excluding steroid dienone is 3. The van der Waals surface area contributed by atoms with E-state index in [-0.39, 0.29) is 19.1 Å². The zero-order chi connectivity index (χ0) is 27.8. The van der Waals surface area contributed by atoms with Crippen LogP contribution in [0.4, 0.5) is 10.7 Å². The minimum absolute atomic E-state index is 0.243. The number of anilines is 2. The van der Waals surface area contributed by atoms with Gasteiger partial charge in [-0.15, -0.1) is 11.3 Å². The van der Waals surface area contributed by atoms with E-state index in [4.69, 9.17) is 19.3 Å². The Balaban J connectivity index is 0.000000448. The molecule has 1 aromatic carbocycles. The second-order valence-electron chi connectivity index (χ2n) is 7.83.